The van der Waals surface area contributed by atoms with E-state index >= 15 is 0 Å². The van der Waals surface area contributed by atoms with Gasteiger partial charge in [0.25, 0.3) is 0 Å². The summed E-state index contributed by atoms with van der Waals surface area (Å²) in [6, 6.07) is 4.96. The molecular weight excluding hydrogens is 260 g/mol. The molecule has 19 heavy (non-hydrogen) atoms. The number of hydrogen-bond donors (Lipinski definition) is 1. The third kappa shape index (κ3) is 3.10. The zero-order valence-electron chi connectivity index (χ0n) is 11.4. The summed E-state index contributed by atoms with van der Waals surface area (Å²) in [5.74, 6) is -0.00671. The largest absolute Gasteiger partial charge is 0.316 e. The van der Waals surface area contributed by atoms with Gasteiger partial charge in [-0.3, -0.25) is 4.79 Å². The van der Waals surface area contributed by atoms with Crippen molar-refractivity contribution in [1.82, 2.24) is 0 Å². The van der Waals surface area contributed by atoms with E-state index in [1.54, 1.807) is 6.07 Å². The fourth-order valence-electron chi connectivity index (χ4n) is 2.54. The molecule has 0 spiro atoms. The molecule has 4 heteroatoms. The SMILES string of the molecule is CCCCCCCN1C(=O)C(N)c2cc(Cl)ccc21. The minimum atomic E-state index is -0.552. The summed E-state index contributed by atoms with van der Waals surface area (Å²) in [4.78, 5) is 14.0. The molecule has 2 N–H and O–H groups in total. The zero-order valence-corrected chi connectivity index (χ0v) is 12.1. The first-order valence-electron chi connectivity index (χ1n) is 7.01. The lowest BCUT2D eigenvalue weighted by atomic mass is 10.1. The summed E-state index contributed by atoms with van der Waals surface area (Å²) >= 11 is 5.96. The van der Waals surface area contributed by atoms with Crippen molar-refractivity contribution in [3.8, 4) is 0 Å². The molecule has 1 heterocycles. The Labute approximate surface area is 119 Å². The molecule has 1 aromatic rings. The molecule has 0 saturated carbocycles. The van der Waals surface area contributed by atoms with E-state index in [4.69, 9.17) is 17.3 Å². The summed E-state index contributed by atoms with van der Waals surface area (Å²) in [6.45, 7) is 2.95. The molecule has 0 radical (unpaired) electrons. The molecule has 2 rings (SSSR count). The van der Waals surface area contributed by atoms with Crippen LogP contribution < -0.4 is 10.6 Å². The van der Waals surface area contributed by atoms with Gasteiger partial charge in [0.1, 0.15) is 6.04 Å². The van der Waals surface area contributed by atoms with Gasteiger partial charge in [-0.15, -0.1) is 0 Å². The molecule has 1 atom stereocenters. The smallest absolute Gasteiger partial charge is 0.248 e. The van der Waals surface area contributed by atoms with Crippen LogP contribution in [0, 0.1) is 0 Å². The highest BCUT2D eigenvalue weighted by Crippen LogP contribution is 2.36. The van der Waals surface area contributed by atoms with Crippen molar-refractivity contribution in [3.05, 3.63) is 28.8 Å². The van der Waals surface area contributed by atoms with Gasteiger partial charge in [-0.2, -0.15) is 0 Å². The lowest BCUT2D eigenvalue weighted by Gasteiger charge is -2.17. The predicted molar refractivity (Wildman–Crippen MR) is 79.5 cm³/mol. The molecule has 3 nitrogen and oxygen atoms in total. The summed E-state index contributed by atoms with van der Waals surface area (Å²) < 4.78 is 0. The third-order valence-electron chi connectivity index (χ3n) is 3.63. The first-order chi connectivity index (χ1) is 9.15. The second-order valence-corrected chi connectivity index (χ2v) is 5.52. The van der Waals surface area contributed by atoms with Crippen LogP contribution in [0.4, 0.5) is 5.69 Å². The molecule has 104 valence electrons. The zero-order chi connectivity index (χ0) is 13.8. The first-order valence-corrected chi connectivity index (χ1v) is 7.39. The Bertz CT molecular complexity index is 461. The van der Waals surface area contributed by atoms with Gasteiger partial charge in [0.05, 0.1) is 0 Å². The van der Waals surface area contributed by atoms with Crippen LogP contribution in [0.25, 0.3) is 0 Å². The van der Waals surface area contributed by atoms with Crippen LogP contribution in [0.3, 0.4) is 0 Å². The molecule has 0 fully saturated rings. The van der Waals surface area contributed by atoms with Crippen molar-refractivity contribution in [2.45, 2.75) is 45.1 Å². The minimum Gasteiger partial charge on any atom is -0.316 e. The van der Waals surface area contributed by atoms with Gasteiger partial charge in [0.15, 0.2) is 0 Å². The maximum Gasteiger partial charge on any atom is 0.248 e. The van der Waals surface area contributed by atoms with Crippen molar-refractivity contribution in [1.29, 1.82) is 0 Å². The lowest BCUT2D eigenvalue weighted by molar-refractivity contribution is -0.119. The van der Waals surface area contributed by atoms with Gasteiger partial charge in [-0.25, -0.2) is 0 Å². The molecule has 1 aliphatic rings. The lowest BCUT2D eigenvalue weighted by Crippen LogP contribution is -2.32. The molecule has 0 aromatic heterocycles. The Morgan fingerprint density at radius 3 is 2.74 bits per heavy atom. The highest BCUT2D eigenvalue weighted by atomic mass is 35.5. The Morgan fingerprint density at radius 1 is 1.26 bits per heavy atom. The van der Waals surface area contributed by atoms with E-state index in [9.17, 15) is 4.79 Å². The van der Waals surface area contributed by atoms with E-state index in [-0.39, 0.29) is 5.91 Å². The van der Waals surface area contributed by atoms with Crippen LogP contribution in [0.1, 0.15) is 50.6 Å². The highest BCUT2D eigenvalue weighted by Gasteiger charge is 2.34. The molecule has 0 saturated heterocycles. The maximum atomic E-state index is 12.2. The topological polar surface area (TPSA) is 46.3 Å². The van der Waals surface area contributed by atoms with Crippen molar-refractivity contribution >= 4 is 23.2 Å². The van der Waals surface area contributed by atoms with Crippen LogP contribution >= 0.6 is 11.6 Å². The average Bonchev–Trinajstić information content (AvgIpc) is 2.63. The van der Waals surface area contributed by atoms with Crippen LogP contribution in [0.5, 0.6) is 0 Å². The second-order valence-electron chi connectivity index (χ2n) is 5.08. The Hall–Kier alpha value is -1.06. The number of hydrogen-bond acceptors (Lipinski definition) is 2. The van der Waals surface area contributed by atoms with Crippen LogP contribution in [-0.2, 0) is 4.79 Å². The molecule has 0 bridgehead atoms. The fourth-order valence-corrected chi connectivity index (χ4v) is 2.72. The number of unbranched alkanes of at least 4 members (excludes halogenated alkanes) is 4. The van der Waals surface area contributed by atoms with Gasteiger partial charge in [0.2, 0.25) is 5.91 Å². The van der Waals surface area contributed by atoms with E-state index in [0.717, 1.165) is 30.6 Å². The Kier molecular flexibility index (Phi) is 4.83. The summed E-state index contributed by atoms with van der Waals surface area (Å²) in [5, 5.41) is 0.631. The van der Waals surface area contributed by atoms with Gasteiger partial charge >= 0.3 is 0 Å². The second kappa shape index (κ2) is 6.40. The minimum absolute atomic E-state index is 0.00671. The molecule has 0 aliphatic carbocycles. The highest BCUT2D eigenvalue weighted by molar-refractivity contribution is 6.31. The van der Waals surface area contributed by atoms with E-state index < -0.39 is 6.04 Å². The van der Waals surface area contributed by atoms with E-state index in [1.165, 1.54) is 19.3 Å². The summed E-state index contributed by atoms with van der Waals surface area (Å²) in [5.41, 5.74) is 7.73. The van der Waals surface area contributed by atoms with E-state index in [1.807, 2.05) is 17.0 Å². The van der Waals surface area contributed by atoms with E-state index in [0.29, 0.717) is 5.02 Å². The molecular formula is C15H21ClN2O. The number of fused-ring (bicyclic) bond motifs is 1. The monoisotopic (exact) mass is 280 g/mol. The fraction of sp³-hybridized carbons (Fsp3) is 0.533. The Balaban J connectivity index is 2.00. The number of carbonyl (C=O) groups is 1. The number of amides is 1. The number of nitrogens with zero attached hydrogens (tertiary/aromatic N) is 1. The van der Waals surface area contributed by atoms with Gasteiger partial charge in [0, 0.05) is 22.8 Å². The quantitative estimate of drug-likeness (QED) is 0.809. The van der Waals surface area contributed by atoms with Crippen molar-refractivity contribution in [2.24, 2.45) is 5.73 Å². The van der Waals surface area contributed by atoms with Crippen LogP contribution in [-0.4, -0.2) is 12.5 Å². The van der Waals surface area contributed by atoms with Gasteiger partial charge in [-0.1, -0.05) is 44.2 Å². The number of halogens is 1. The van der Waals surface area contributed by atoms with Crippen LogP contribution in [0.15, 0.2) is 18.2 Å². The number of nitrogens with two attached hydrogens (primary N) is 1. The number of anilines is 1. The number of carbonyl (C=O) groups excluding carboxylic acids is 1. The maximum absolute atomic E-state index is 12.2. The molecule has 1 aromatic carbocycles. The normalized spacial score (nSPS) is 17.9. The van der Waals surface area contributed by atoms with E-state index in [2.05, 4.69) is 6.92 Å². The number of rotatable bonds is 6. The third-order valence-corrected chi connectivity index (χ3v) is 3.87. The van der Waals surface area contributed by atoms with Crippen LogP contribution in [0.2, 0.25) is 5.02 Å². The Morgan fingerprint density at radius 2 is 2.00 bits per heavy atom. The molecule has 1 amide bonds. The van der Waals surface area contributed by atoms with Gasteiger partial charge < -0.3 is 10.6 Å². The van der Waals surface area contributed by atoms with Crippen molar-refractivity contribution in [2.75, 3.05) is 11.4 Å². The molecule has 1 unspecified atom stereocenters. The predicted octanol–water partition coefficient (Wildman–Crippen LogP) is 3.66. The number of benzene rings is 1. The average molecular weight is 281 g/mol. The standard InChI is InChI=1S/C15H21ClN2O/c1-2-3-4-5-6-9-18-13-8-7-11(16)10-12(13)14(17)15(18)19/h7-8,10,14H,2-6,9,17H2,1H3. The summed E-state index contributed by atoms with van der Waals surface area (Å²) in [7, 11) is 0. The molecule has 1 aliphatic heterocycles. The van der Waals surface area contributed by atoms with Crippen molar-refractivity contribution in [3.63, 3.8) is 0 Å². The first kappa shape index (κ1) is 14.4. The van der Waals surface area contributed by atoms with Gasteiger partial charge in [-0.05, 0) is 24.6 Å². The summed E-state index contributed by atoms with van der Waals surface area (Å²) in [6.07, 6.45) is 5.92. The van der Waals surface area contributed by atoms with Crippen molar-refractivity contribution < 1.29 is 4.79 Å².